The Morgan fingerprint density at radius 1 is 1.38 bits per heavy atom. The van der Waals surface area contributed by atoms with Crippen LogP contribution >= 0.6 is 0 Å². The minimum Gasteiger partial charge on any atom is -0.374 e. The molecule has 1 aromatic heterocycles. The van der Waals surface area contributed by atoms with Gasteiger partial charge in [0.25, 0.3) is 5.91 Å². The topological polar surface area (TPSA) is 67.4 Å². The van der Waals surface area contributed by atoms with Crippen LogP contribution in [0.3, 0.4) is 0 Å². The molecule has 2 fully saturated rings. The number of ether oxygens (including phenoxy) is 1. The maximum absolute atomic E-state index is 12.7. The number of nitrogens with zero attached hydrogens (tertiary/aromatic N) is 3. The van der Waals surface area contributed by atoms with Crippen molar-refractivity contribution in [1.82, 2.24) is 15.1 Å². The van der Waals surface area contributed by atoms with Crippen LogP contribution in [-0.2, 0) is 4.74 Å². The molecular weight excluding hydrogens is 268 g/mol. The van der Waals surface area contributed by atoms with Crippen LogP contribution in [0.15, 0.2) is 12.1 Å². The molecule has 1 aliphatic heterocycles. The summed E-state index contributed by atoms with van der Waals surface area (Å²) in [5.41, 5.74) is 0.419. The highest BCUT2D eigenvalue weighted by Crippen LogP contribution is 2.29. The summed E-state index contributed by atoms with van der Waals surface area (Å²) in [5, 5.41) is 11.2. The van der Waals surface area contributed by atoms with Gasteiger partial charge < -0.3 is 15.0 Å². The number of fused-ring (bicyclic) bond motifs is 1. The largest absolute Gasteiger partial charge is 0.374 e. The molecule has 0 bridgehead atoms. The van der Waals surface area contributed by atoms with Crippen molar-refractivity contribution in [3.05, 3.63) is 17.8 Å². The summed E-state index contributed by atoms with van der Waals surface area (Å²) in [6.07, 6.45) is 4.64. The summed E-state index contributed by atoms with van der Waals surface area (Å²) < 4.78 is 5.81. The van der Waals surface area contributed by atoms with Gasteiger partial charge in [-0.1, -0.05) is 12.8 Å². The summed E-state index contributed by atoms with van der Waals surface area (Å²) >= 11 is 0. The molecule has 0 radical (unpaired) electrons. The van der Waals surface area contributed by atoms with E-state index >= 15 is 0 Å². The third-order valence-corrected chi connectivity index (χ3v) is 4.23. The predicted molar refractivity (Wildman–Crippen MR) is 79.2 cm³/mol. The van der Waals surface area contributed by atoms with E-state index < -0.39 is 0 Å². The standard InChI is InChI=1S/C15H22N4O2/c1-2-16-14-8-7-11(17-18-14)15(20)19-9-10-21-13-6-4-3-5-12(13)19/h7-8,12-13H,2-6,9-10H2,1H3,(H,16,18). The third kappa shape index (κ3) is 3.00. The molecule has 0 aromatic carbocycles. The van der Waals surface area contributed by atoms with Gasteiger partial charge in [0.15, 0.2) is 5.69 Å². The molecule has 1 amide bonds. The van der Waals surface area contributed by atoms with Crippen molar-refractivity contribution in [2.24, 2.45) is 0 Å². The summed E-state index contributed by atoms with van der Waals surface area (Å²) in [4.78, 5) is 14.6. The molecule has 6 heteroatoms. The third-order valence-electron chi connectivity index (χ3n) is 4.23. The van der Waals surface area contributed by atoms with Gasteiger partial charge in [0.1, 0.15) is 5.82 Å². The van der Waals surface area contributed by atoms with E-state index in [2.05, 4.69) is 15.5 Å². The SMILES string of the molecule is CCNc1ccc(C(=O)N2CCOC3CCCCC32)nn1. The highest BCUT2D eigenvalue weighted by molar-refractivity contribution is 5.92. The Balaban J connectivity index is 1.73. The Kier molecular flexibility index (Phi) is 4.34. The van der Waals surface area contributed by atoms with Gasteiger partial charge in [-0.25, -0.2) is 0 Å². The molecular formula is C15H22N4O2. The maximum atomic E-state index is 12.7. The van der Waals surface area contributed by atoms with Crippen LogP contribution in [-0.4, -0.2) is 52.8 Å². The highest BCUT2D eigenvalue weighted by atomic mass is 16.5. The van der Waals surface area contributed by atoms with Crippen molar-refractivity contribution in [2.45, 2.75) is 44.8 Å². The van der Waals surface area contributed by atoms with Gasteiger partial charge in [-0.2, -0.15) is 0 Å². The average molecular weight is 290 g/mol. The van der Waals surface area contributed by atoms with E-state index in [0.29, 0.717) is 24.7 Å². The van der Waals surface area contributed by atoms with Crippen molar-refractivity contribution in [3.8, 4) is 0 Å². The number of hydrogen-bond donors (Lipinski definition) is 1. The molecule has 114 valence electrons. The van der Waals surface area contributed by atoms with Crippen LogP contribution in [0.25, 0.3) is 0 Å². The van der Waals surface area contributed by atoms with Crippen molar-refractivity contribution in [2.75, 3.05) is 25.0 Å². The van der Waals surface area contributed by atoms with Gasteiger partial charge in [-0.3, -0.25) is 4.79 Å². The number of amides is 1. The Hall–Kier alpha value is -1.69. The number of carbonyl (C=O) groups is 1. The van der Waals surface area contributed by atoms with E-state index in [9.17, 15) is 4.79 Å². The Bertz CT molecular complexity index is 489. The number of rotatable bonds is 3. The minimum atomic E-state index is -0.0225. The lowest BCUT2D eigenvalue weighted by Crippen LogP contribution is -2.55. The summed E-state index contributed by atoms with van der Waals surface area (Å²) in [6, 6.07) is 3.76. The van der Waals surface area contributed by atoms with E-state index in [1.165, 1.54) is 12.8 Å². The number of carbonyl (C=O) groups excluding carboxylic acids is 1. The molecule has 2 heterocycles. The summed E-state index contributed by atoms with van der Waals surface area (Å²) in [6.45, 7) is 4.05. The number of nitrogens with one attached hydrogen (secondary N) is 1. The highest BCUT2D eigenvalue weighted by Gasteiger charge is 2.37. The smallest absolute Gasteiger partial charge is 0.274 e. The molecule has 0 spiro atoms. The molecule has 2 atom stereocenters. The zero-order valence-electron chi connectivity index (χ0n) is 12.4. The first kappa shape index (κ1) is 14.3. The zero-order valence-corrected chi connectivity index (χ0v) is 12.4. The van der Waals surface area contributed by atoms with Gasteiger partial charge in [-0.15, -0.1) is 10.2 Å². The molecule has 1 saturated heterocycles. The molecule has 2 unspecified atom stereocenters. The predicted octanol–water partition coefficient (Wildman–Crippen LogP) is 1.69. The van der Waals surface area contributed by atoms with Crippen LogP contribution in [0.1, 0.15) is 43.1 Å². The van der Waals surface area contributed by atoms with E-state index in [4.69, 9.17) is 4.74 Å². The monoisotopic (exact) mass is 290 g/mol. The van der Waals surface area contributed by atoms with Crippen LogP contribution in [0.5, 0.6) is 0 Å². The van der Waals surface area contributed by atoms with Gasteiger partial charge in [-0.05, 0) is 31.9 Å². The molecule has 1 N–H and O–H groups in total. The normalized spacial score (nSPS) is 25.3. The number of hydrogen-bond acceptors (Lipinski definition) is 5. The second-order valence-electron chi connectivity index (χ2n) is 5.59. The first-order valence-electron chi connectivity index (χ1n) is 7.79. The summed E-state index contributed by atoms with van der Waals surface area (Å²) in [7, 11) is 0. The fraction of sp³-hybridized carbons (Fsp3) is 0.667. The minimum absolute atomic E-state index is 0.0225. The van der Waals surface area contributed by atoms with Crippen molar-refractivity contribution in [3.63, 3.8) is 0 Å². The van der Waals surface area contributed by atoms with Crippen LogP contribution in [0.4, 0.5) is 5.82 Å². The molecule has 6 nitrogen and oxygen atoms in total. The first-order valence-corrected chi connectivity index (χ1v) is 7.79. The quantitative estimate of drug-likeness (QED) is 0.917. The van der Waals surface area contributed by atoms with Gasteiger partial charge in [0.05, 0.1) is 18.8 Å². The van der Waals surface area contributed by atoms with Crippen molar-refractivity contribution in [1.29, 1.82) is 0 Å². The fourth-order valence-electron chi connectivity index (χ4n) is 3.22. The Morgan fingerprint density at radius 3 is 3.00 bits per heavy atom. The lowest BCUT2D eigenvalue weighted by Gasteiger charge is -2.43. The van der Waals surface area contributed by atoms with E-state index in [-0.39, 0.29) is 18.1 Å². The van der Waals surface area contributed by atoms with Crippen molar-refractivity contribution < 1.29 is 9.53 Å². The van der Waals surface area contributed by atoms with Gasteiger partial charge in [0.2, 0.25) is 0 Å². The molecule has 1 saturated carbocycles. The maximum Gasteiger partial charge on any atom is 0.274 e. The lowest BCUT2D eigenvalue weighted by molar-refractivity contribution is -0.0754. The number of aromatic nitrogens is 2. The van der Waals surface area contributed by atoms with Gasteiger partial charge >= 0.3 is 0 Å². The second-order valence-corrected chi connectivity index (χ2v) is 5.59. The van der Waals surface area contributed by atoms with E-state index in [1.54, 1.807) is 6.07 Å². The Morgan fingerprint density at radius 2 is 2.24 bits per heavy atom. The molecule has 1 aliphatic carbocycles. The van der Waals surface area contributed by atoms with E-state index in [0.717, 1.165) is 19.4 Å². The van der Waals surface area contributed by atoms with Crippen LogP contribution in [0.2, 0.25) is 0 Å². The molecule has 2 aliphatic rings. The number of anilines is 1. The lowest BCUT2D eigenvalue weighted by atomic mass is 9.90. The number of morpholine rings is 1. The van der Waals surface area contributed by atoms with E-state index in [1.807, 2.05) is 17.9 Å². The fourth-order valence-corrected chi connectivity index (χ4v) is 3.22. The van der Waals surface area contributed by atoms with Crippen LogP contribution < -0.4 is 5.32 Å². The first-order chi connectivity index (χ1) is 10.3. The Labute approximate surface area is 124 Å². The average Bonchev–Trinajstić information content (AvgIpc) is 2.55. The molecule has 3 rings (SSSR count). The van der Waals surface area contributed by atoms with Crippen molar-refractivity contribution >= 4 is 11.7 Å². The zero-order chi connectivity index (χ0) is 14.7. The molecule has 1 aromatic rings. The van der Waals surface area contributed by atoms with Gasteiger partial charge in [0, 0.05) is 13.1 Å². The second kappa shape index (κ2) is 6.39. The molecule has 21 heavy (non-hydrogen) atoms. The summed E-state index contributed by atoms with van der Waals surface area (Å²) in [5.74, 6) is 0.678. The van der Waals surface area contributed by atoms with Crippen LogP contribution in [0, 0.1) is 0 Å².